The van der Waals surface area contributed by atoms with Gasteiger partial charge >= 0.3 is 0 Å². The fraction of sp³-hybridized carbons (Fsp3) is 0.667. The first-order chi connectivity index (χ1) is 11.3. The van der Waals surface area contributed by atoms with Crippen molar-refractivity contribution in [2.75, 3.05) is 31.6 Å². The molecule has 0 aromatic carbocycles. The normalized spacial score (nSPS) is 31.9. The summed E-state index contributed by atoms with van der Waals surface area (Å²) in [6, 6.07) is 4.46. The summed E-state index contributed by atoms with van der Waals surface area (Å²) < 4.78 is 5.76. The van der Waals surface area contributed by atoms with Crippen molar-refractivity contribution in [3.05, 3.63) is 24.5 Å². The van der Waals surface area contributed by atoms with E-state index in [0.29, 0.717) is 18.4 Å². The van der Waals surface area contributed by atoms with Gasteiger partial charge in [-0.15, -0.1) is 0 Å². The number of likely N-dealkylation sites (tertiary alicyclic amines) is 1. The molecule has 5 nitrogen and oxygen atoms in total. The van der Waals surface area contributed by atoms with Gasteiger partial charge in [0.15, 0.2) is 0 Å². The van der Waals surface area contributed by atoms with Gasteiger partial charge in [0.2, 0.25) is 5.91 Å². The maximum atomic E-state index is 12.7. The second-order valence-electron chi connectivity index (χ2n) is 7.19. The van der Waals surface area contributed by atoms with Crippen LogP contribution >= 0.6 is 0 Å². The fourth-order valence-corrected chi connectivity index (χ4v) is 4.54. The molecule has 0 bridgehead atoms. The second-order valence-corrected chi connectivity index (χ2v) is 7.19. The van der Waals surface area contributed by atoms with Gasteiger partial charge in [0.1, 0.15) is 0 Å². The number of pyridine rings is 1. The lowest BCUT2D eigenvalue weighted by Crippen LogP contribution is -2.42. The first-order valence-electron chi connectivity index (χ1n) is 8.84. The Bertz CT molecular complexity index is 544. The molecule has 3 fully saturated rings. The van der Waals surface area contributed by atoms with E-state index < -0.39 is 0 Å². The summed E-state index contributed by atoms with van der Waals surface area (Å²) in [4.78, 5) is 19.4. The molecule has 1 amide bonds. The Morgan fingerprint density at radius 3 is 2.91 bits per heavy atom. The molecule has 1 aromatic heterocycles. The third-order valence-corrected chi connectivity index (χ3v) is 5.77. The minimum atomic E-state index is -0.0413. The van der Waals surface area contributed by atoms with E-state index in [4.69, 9.17) is 4.74 Å². The summed E-state index contributed by atoms with van der Waals surface area (Å²) in [7, 11) is 0. The van der Waals surface area contributed by atoms with Crippen LogP contribution in [0.5, 0.6) is 0 Å². The predicted molar refractivity (Wildman–Crippen MR) is 88.0 cm³/mol. The van der Waals surface area contributed by atoms with Crippen molar-refractivity contribution in [2.24, 2.45) is 17.8 Å². The average Bonchev–Trinajstić information content (AvgIpc) is 3.24. The molecular weight excluding hydrogens is 290 g/mol. The van der Waals surface area contributed by atoms with E-state index in [1.54, 1.807) is 12.4 Å². The highest BCUT2D eigenvalue weighted by molar-refractivity contribution is 5.92. The molecule has 3 heterocycles. The molecule has 1 aromatic rings. The molecule has 0 radical (unpaired) electrons. The van der Waals surface area contributed by atoms with Gasteiger partial charge in [-0.2, -0.15) is 0 Å². The van der Waals surface area contributed by atoms with Crippen LogP contribution in [0, 0.1) is 17.8 Å². The van der Waals surface area contributed by atoms with E-state index >= 15 is 0 Å². The van der Waals surface area contributed by atoms with Gasteiger partial charge in [-0.05, 0) is 36.8 Å². The number of fused-ring (bicyclic) bond motifs is 1. The predicted octanol–water partition coefficient (Wildman–Crippen LogP) is 2.16. The number of ether oxygens (including phenoxy) is 1. The minimum Gasteiger partial charge on any atom is -0.380 e. The Labute approximate surface area is 137 Å². The Hall–Kier alpha value is -1.46. The van der Waals surface area contributed by atoms with Crippen LogP contribution in [0.2, 0.25) is 0 Å². The van der Waals surface area contributed by atoms with Crippen molar-refractivity contribution >= 4 is 11.6 Å². The highest BCUT2D eigenvalue weighted by atomic mass is 16.5. The van der Waals surface area contributed by atoms with Crippen LogP contribution < -0.4 is 5.32 Å². The molecule has 4 rings (SSSR count). The van der Waals surface area contributed by atoms with E-state index in [-0.39, 0.29) is 11.8 Å². The topological polar surface area (TPSA) is 54.5 Å². The van der Waals surface area contributed by atoms with E-state index in [0.717, 1.165) is 31.4 Å². The van der Waals surface area contributed by atoms with Gasteiger partial charge in [0.25, 0.3) is 0 Å². The number of anilines is 1. The molecule has 0 spiro atoms. The smallest absolute Gasteiger partial charge is 0.230 e. The van der Waals surface area contributed by atoms with Crippen LogP contribution in [-0.2, 0) is 9.53 Å². The monoisotopic (exact) mass is 315 g/mol. The number of nitrogens with zero attached hydrogens (tertiary/aromatic N) is 2. The minimum absolute atomic E-state index is 0.0413. The number of hydrogen-bond donors (Lipinski definition) is 1. The number of nitrogens with one attached hydrogen (secondary N) is 1. The molecule has 23 heavy (non-hydrogen) atoms. The molecule has 3 aliphatic rings. The number of hydrogen-bond acceptors (Lipinski definition) is 4. The maximum Gasteiger partial charge on any atom is 0.230 e. The van der Waals surface area contributed by atoms with Crippen LogP contribution in [-0.4, -0.2) is 48.1 Å². The van der Waals surface area contributed by atoms with Gasteiger partial charge in [0.05, 0.1) is 31.0 Å². The SMILES string of the molecule is O=C(Nc1cccnc1)[C@@H]1COC[C@@H]2CN(C3CCCC3)C[C@@H]21. The highest BCUT2D eigenvalue weighted by Gasteiger charge is 2.45. The van der Waals surface area contributed by atoms with Crippen LogP contribution in [0.3, 0.4) is 0 Å². The van der Waals surface area contributed by atoms with Crippen molar-refractivity contribution in [3.8, 4) is 0 Å². The van der Waals surface area contributed by atoms with Crippen LogP contribution in [0.1, 0.15) is 25.7 Å². The molecule has 0 unspecified atom stereocenters. The van der Waals surface area contributed by atoms with Crippen molar-refractivity contribution in [2.45, 2.75) is 31.7 Å². The number of carbonyl (C=O) groups is 1. The molecule has 1 N–H and O–H groups in total. The van der Waals surface area contributed by atoms with E-state index in [1.165, 1.54) is 25.7 Å². The number of amides is 1. The lowest BCUT2D eigenvalue weighted by Gasteiger charge is -2.32. The molecule has 124 valence electrons. The van der Waals surface area contributed by atoms with E-state index in [9.17, 15) is 4.79 Å². The van der Waals surface area contributed by atoms with Crippen molar-refractivity contribution < 1.29 is 9.53 Å². The summed E-state index contributed by atoms with van der Waals surface area (Å²) >= 11 is 0. The van der Waals surface area contributed by atoms with Gasteiger partial charge in [-0.25, -0.2) is 0 Å². The highest BCUT2D eigenvalue weighted by Crippen LogP contribution is 2.38. The second kappa shape index (κ2) is 6.57. The molecule has 1 aliphatic carbocycles. The van der Waals surface area contributed by atoms with Crippen LogP contribution in [0.4, 0.5) is 5.69 Å². The van der Waals surface area contributed by atoms with Crippen molar-refractivity contribution in [1.29, 1.82) is 0 Å². The molecule has 2 saturated heterocycles. The lowest BCUT2D eigenvalue weighted by molar-refractivity contribution is -0.128. The molecular formula is C18H25N3O2. The summed E-state index contributed by atoms with van der Waals surface area (Å²) in [5.41, 5.74) is 0.769. The maximum absolute atomic E-state index is 12.7. The number of rotatable bonds is 3. The first-order valence-corrected chi connectivity index (χ1v) is 8.84. The molecule has 3 atom stereocenters. The quantitative estimate of drug-likeness (QED) is 0.929. The Morgan fingerprint density at radius 2 is 2.13 bits per heavy atom. The molecule has 5 heteroatoms. The fourth-order valence-electron chi connectivity index (χ4n) is 4.54. The standard InChI is InChI=1S/C18H25N3O2/c22-18(20-14-4-3-7-19-8-14)17-12-23-11-13-9-21(10-16(13)17)15-5-1-2-6-15/h3-4,7-8,13,15-17H,1-2,5-6,9-12H2,(H,20,22)/t13-,16-,17+/m0/s1. The summed E-state index contributed by atoms with van der Waals surface area (Å²) in [5, 5.41) is 3.01. The zero-order valence-corrected chi connectivity index (χ0v) is 13.5. The van der Waals surface area contributed by atoms with Gasteiger partial charge in [-0.3, -0.25) is 14.7 Å². The first kappa shape index (κ1) is 15.1. The van der Waals surface area contributed by atoms with Crippen LogP contribution in [0.25, 0.3) is 0 Å². The summed E-state index contributed by atoms with van der Waals surface area (Å²) in [5.74, 6) is 0.983. The third kappa shape index (κ3) is 3.12. The van der Waals surface area contributed by atoms with Crippen molar-refractivity contribution in [3.63, 3.8) is 0 Å². The molecule has 2 aliphatic heterocycles. The largest absolute Gasteiger partial charge is 0.380 e. The van der Waals surface area contributed by atoms with Gasteiger partial charge < -0.3 is 10.1 Å². The number of carbonyl (C=O) groups excluding carboxylic acids is 1. The van der Waals surface area contributed by atoms with Crippen molar-refractivity contribution in [1.82, 2.24) is 9.88 Å². The lowest BCUT2D eigenvalue weighted by atomic mass is 9.82. The average molecular weight is 315 g/mol. The van der Waals surface area contributed by atoms with Gasteiger partial charge in [-0.1, -0.05) is 12.8 Å². The number of aromatic nitrogens is 1. The summed E-state index contributed by atoms with van der Waals surface area (Å²) in [6.45, 7) is 3.52. The Morgan fingerprint density at radius 1 is 1.26 bits per heavy atom. The zero-order chi connectivity index (χ0) is 15.6. The Balaban J connectivity index is 1.43. The third-order valence-electron chi connectivity index (χ3n) is 5.77. The zero-order valence-electron chi connectivity index (χ0n) is 13.5. The van der Waals surface area contributed by atoms with E-state index in [2.05, 4.69) is 15.2 Å². The Kier molecular flexibility index (Phi) is 4.31. The van der Waals surface area contributed by atoms with Crippen LogP contribution in [0.15, 0.2) is 24.5 Å². The summed E-state index contributed by atoms with van der Waals surface area (Å²) in [6.07, 6.45) is 8.78. The van der Waals surface area contributed by atoms with Gasteiger partial charge in [0, 0.05) is 25.3 Å². The molecule has 1 saturated carbocycles. The van der Waals surface area contributed by atoms with E-state index in [1.807, 2.05) is 12.1 Å².